The summed E-state index contributed by atoms with van der Waals surface area (Å²) in [5, 5.41) is 3.50. The summed E-state index contributed by atoms with van der Waals surface area (Å²) in [6, 6.07) is 0. The Morgan fingerprint density at radius 1 is 1.24 bits per heavy atom. The number of nitrogens with zero attached hydrogens (tertiary/aromatic N) is 5. The highest BCUT2D eigenvalue weighted by Crippen LogP contribution is 2.25. The van der Waals surface area contributed by atoms with Crippen LogP contribution < -0.4 is 10.2 Å². The van der Waals surface area contributed by atoms with Gasteiger partial charge in [-0.25, -0.2) is 4.98 Å². The van der Waals surface area contributed by atoms with Gasteiger partial charge in [-0.3, -0.25) is 9.69 Å². The van der Waals surface area contributed by atoms with E-state index in [4.69, 9.17) is 9.72 Å². The molecule has 0 bridgehead atoms. The highest BCUT2D eigenvalue weighted by Gasteiger charge is 2.24. The van der Waals surface area contributed by atoms with Crippen LogP contribution in [0.1, 0.15) is 18.2 Å². The second-order valence-electron chi connectivity index (χ2n) is 6.76. The molecule has 1 fully saturated rings. The van der Waals surface area contributed by atoms with Crippen LogP contribution in [0, 0.1) is 0 Å². The molecule has 3 heterocycles. The van der Waals surface area contributed by atoms with E-state index in [-0.39, 0.29) is 5.91 Å². The maximum absolute atomic E-state index is 11.7. The quantitative estimate of drug-likeness (QED) is 0.814. The second kappa shape index (κ2) is 7.97. The average molecular weight is 348 g/mol. The van der Waals surface area contributed by atoms with Crippen LogP contribution in [0.25, 0.3) is 0 Å². The van der Waals surface area contributed by atoms with Gasteiger partial charge in [-0.15, -0.1) is 0 Å². The van der Waals surface area contributed by atoms with Gasteiger partial charge in [0.05, 0.1) is 25.5 Å². The molecule has 1 amide bonds. The van der Waals surface area contributed by atoms with Crippen molar-refractivity contribution in [1.29, 1.82) is 0 Å². The van der Waals surface area contributed by atoms with E-state index in [1.807, 2.05) is 23.9 Å². The number of carbonyl (C=O) groups is 1. The normalized spacial score (nSPS) is 18.0. The molecule has 0 aromatic carbocycles. The predicted molar refractivity (Wildman–Crippen MR) is 96.9 cm³/mol. The van der Waals surface area contributed by atoms with Crippen molar-refractivity contribution >= 4 is 17.7 Å². The van der Waals surface area contributed by atoms with Crippen LogP contribution in [-0.2, 0) is 22.5 Å². The number of rotatable bonds is 5. The van der Waals surface area contributed by atoms with Crippen molar-refractivity contribution in [3.05, 3.63) is 11.3 Å². The summed E-state index contributed by atoms with van der Waals surface area (Å²) in [4.78, 5) is 27.2. The third-order valence-electron chi connectivity index (χ3n) is 4.72. The van der Waals surface area contributed by atoms with Crippen molar-refractivity contribution in [2.24, 2.45) is 0 Å². The standard InChI is InChI=1S/C17H28N6O2/c1-13(24)23-6-4-14-15(12-23)19-17(21(2)3)20-16(14)18-5-7-22-8-10-25-11-9-22/h4-12H2,1-3H3,(H,18,19,20). The zero-order chi connectivity index (χ0) is 17.8. The third-order valence-corrected chi connectivity index (χ3v) is 4.72. The van der Waals surface area contributed by atoms with Crippen molar-refractivity contribution < 1.29 is 9.53 Å². The second-order valence-corrected chi connectivity index (χ2v) is 6.76. The summed E-state index contributed by atoms with van der Waals surface area (Å²) >= 11 is 0. The molecule has 0 spiro atoms. The zero-order valence-electron chi connectivity index (χ0n) is 15.4. The number of morpholine rings is 1. The first kappa shape index (κ1) is 17.9. The number of aromatic nitrogens is 2. The highest BCUT2D eigenvalue weighted by atomic mass is 16.5. The summed E-state index contributed by atoms with van der Waals surface area (Å²) < 4.78 is 5.39. The largest absolute Gasteiger partial charge is 0.379 e. The number of anilines is 2. The molecule has 1 aromatic rings. The van der Waals surface area contributed by atoms with E-state index in [0.717, 1.165) is 69.4 Å². The van der Waals surface area contributed by atoms with E-state index < -0.39 is 0 Å². The van der Waals surface area contributed by atoms with Crippen molar-refractivity contribution in [2.45, 2.75) is 19.9 Å². The molecular formula is C17H28N6O2. The van der Waals surface area contributed by atoms with Gasteiger partial charge in [0.1, 0.15) is 5.82 Å². The van der Waals surface area contributed by atoms with E-state index in [1.54, 1.807) is 6.92 Å². The Morgan fingerprint density at radius 2 is 2.00 bits per heavy atom. The molecule has 1 N–H and O–H groups in total. The minimum Gasteiger partial charge on any atom is -0.379 e. The number of hydrogen-bond donors (Lipinski definition) is 1. The fourth-order valence-corrected chi connectivity index (χ4v) is 3.19. The first-order valence-electron chi connectivity index (χ1n) is 8.91. The molecule has 8 heteroatoms. The van der Waals surface area contributed by atoms with E-state index in [2.05, 4.69) is 15.2 Å². The Morgan fingerprint density at radius 3 is 2.68 bits per heavy atom. The van der Waals surface area contributed by atoms with Crippen LogP contribution in [0.3, 0.4) is 0 Å². The fourth-order valence-electron chi connectivity index (χ4n) is 3.19. The van der Waals surface area contributed by atoms with Crippen LogP contribution in [0.4, 0.5) is 11.8 Å². The fraction of sp³-hybridized carbons (Fsp3) is 0.706. The molecule has 0 unspecified atom stereocenters. The van der Waals surface area contributed by atoms with Crippen molar-refractivity contribution in [1.82, 2.24) is 19.8 Å². The Hall–Kier alpha value is -1.93. The molecule has 0 atom stereocenters. The smallest absolute Gasteiger partial charge is 0.227 e. The lowest BCUT2D eigenvalue weighted by molar-refractivity contribution is -0.129. The molecule has 0 aliphatic carbocycles. The number of carbonyl (C=O) groups excluding carboxylic acids is 1. The molecule has 2 aliphatic heterocycles. The van der Waals surface area contributed by atoms with Gasteiger partial charge >= 0.3 is 0 Å². The van der Waals surface area contributed by atoms with Gasteiger partial charge < -0.3 is 19.9 Å². The number of nitrogens with one attached hydrogen (secondary N) is 1. The molecule has 3 rings (SSSR count). The first-order chi connectivity index (χ1) is 12.0. The average Bonchev–Trinajstić information content (AvgIpc) is 2.61. The maximum atomic E-state index is 11.7. The summed E-state index contributed by atoms with van der Waals surface area (Å²) in [6.07, 6.45) is 0.794. The minimum absolute atomic E-state index is 0.0949. The first-order valence-corrected chi connectivity index (χ1v) is 8.91. The predicted octanol–water partition coefficient (Wildman–Crippen LogP) is 0.191. The molecule has 1 saturated heterocycles. The summed E-state index contributed by atoms with van der Waals surface area (Å²) in [5.41, 5.74) is 2.10. The van der Waals surface area contributed by atoms with Crippen molar-refractivity contribution in [2.75, 3.05) is 70.2 Å². The van der Waals surface area contributed by atoms with E-state index in [1.165, 1.54) is 0 Å². The SMILES string of the molecule is CC(=O)N1CCc2c(nc(N(C)C)nc2NCCN2CCOCC2)C1. The van der Waals surface area contributed by atoms with Gasteiger partial charge in [0.15, 0.2) is 0 Å². The molecule has 0 radical (unpaired) electrons. The van der Waals surface area contributed by atoms with Crippen LogP contribution in [-0.4, -0.2) is 85.7 Å². The molecule has 0 saturated carbocycles. The van der Waals surface area contributed by atoms with Crippen LogP contribution in [0.15, 0.2) is 0 Å². The number of amides is 1. The van der Waals surface area contributed by atoms with Gasteiger partial charge in [0.25, 0.3) is 0 Å². The number of hydrogen-bond acceptors (Lipinski definition) is 7. The lowest BCUT2D eigenvalue weighted by Gasteiger charge is -2.30. The molecule has 2 aliphatic rings. The summed E-state index contributed by atoms with van der Waals surface area (Å²) in [5.74, 6) is 1.68. The Bertz CT molecular complexity index is 615. The van der Waals surface area contributed by atoms with Gasteiger partial charge in [-0.05, 0) is 6.42 Å². The minimum atomic E-state index is 0.0949. The van der Waals surface area contributed by atoms with Gasteiger partial charge in [-0.1, -0.05) is 0 Å². The highest BCUT2D eigenvalue weighted by molar-refractivity contribution is 5.73. The molecular weight excluding hydrogens is 320 g/mol. The Labute approximate surface area is 149 Å². The third kappa shape index (κ3) is 4.38. The van der Waals surface area contributed by atoms with E-state index in [9.17, 15) is 4.79 Å². The monoisotopic (exact) mass is 348 g/mol. The Balaban J connectivity index is 1.72. The van der Waals surface area contributed by atoms with Gasteiger partial charge in [0.2, 0.25) is 11.9 Å². The molecule has 25 heavy (non-hydrogen) atoms. The summed E-state index contributed by atoms with van der Waals surface area (Å²) in [6.45, 7) is 8.31. The van der Waals surface area contributed by atoms with E-state index >= 15 is 0 Å². The molecule has 8 nitrogen and oxygen atoms in total. The zero-order valence-corrected chi connectivity index (χ0v) is 15.4. The van der Waals surface area contributed by atoms with Crippen LogP contribution in [0.2, 0.25) is 0 Å². The molecule has 138 valence electrons. The van der Waals surface area contributed by atoms with Crippen LogP contribution in [0.5, 0.6) is 0 Å². The van der Waals surface area contributed by atoms with Crippen molar-refractivity contribution in [3.8, 4) is 0 Å². The Kier molecular flexibility index (Phi) is 5.70. The maximum Gasteiger partial charge on any atom is 0.227 e. The summed E-state index contributed by atoms with van der Waals surface area (Å²) in [7, 11) is 3.87. The van der Waals surface area contributed by atoms with Crippen LogP contribution >= 0.6 is 0 Å². The number of ether oxygens (including phenoxy) is 1. The molecule has 1 aromatic heterocycles. The number of fused-ring (bicyclic) bond motifs is 1. The van der Waals surface area contributed by atoms with Gasteiger partial charge in [0, 0.05) is 59.3 Å². The lowest BCUT2D eigenvalue weighted by atomic mass is 10.1. The van der Waals surface area contributed by atoms with E-state index in [0.29, 0.717) is 12.5 Å². The van der Waals surface area contributed by atoms with Gasteiger partial charge in [-0.2, -0.15) is 4.98 Å². The van der Waals surface area contributed by atoms with Crippen molar-refractivity contribution in [3.63, 3.8) is 0 Å². The lowest BCUT2D eigenvalue weighted by Crippen LogP contribution is -2.39. The topological polar surface area (TPSA) is 73.8 Å².